The van der Waals surface area contributed by atoms with Gasteiger partial charge >= 0.3 is 51.4 Å². The normalized spacial score (nSPS) is 8.33. The minimum Gasteiger partial charge on any atom is -0.358 e. The first-order valence-corrected chi connectivity index (χ1v) is 3.62. The molecule has 1 aromatic carbocycles. The molecule has 0 saturated carbocycles. The Kier molecular flexibility index (Phi) is 8.18. The van der Waals surface area contributed by atoms with E-state index in [1.54, 1.807) is 6.92 Å². The number of nitro benzene ring substituents is 1. The predicted octanol–water partition coefficient (Wildman–Crippen LogP) is -0.648. The van der Waals surface area contributed by atoms with Gasteiger partial charge in [0.05, 0.1) is 11.2 Å². The fraction of sp³-hybridized carbons (Fsp3) is 0.100. The van der Waals surface area contributed by atoms with Crippen LogP contribution in [0.15, 0.2) is 12.1 Å². The van der Waals surface area contributed by atoms with Crippen molar-refractivity contribution in [1.29, 1.82) is 0 Å². The molecule has 0 atom stereocenters. The van der Waals surface area contributed by atoms with E-state index >= 15 is 0 Å². The summed E-state index contributed by atoms with van der Waals surface area (Å²) in [5.41, 5.74) is 1.38. The van der Waals surface area contributed by atoms with E-state index in [1.807, 2.05) is 0 Å². The van der Waals surface area contributed by atoms with Crippen molar-refractivity contribution in [3.8, 4) is 0 Å². The van der Waals surface area contributed by atoms with Gasteiger partial charge in [-0.3, -0.25) is 10.1 Å². The summed E-state index contributed by atoms with van der Waals surface area (Å²) in [6.45, 7) is 5.32. The molecule has 0 N–H and O–H groups in total. The van der Waals surface area contributed by atoms with Gasteiger partial charge in [0.25, 0.3) is 0 Å². The summed E-state index contributed by atoms with van der Waals surface area (Å²) in [5.74, 6) is 0. The standard InChI is InChI=1S/C9H8NO3.CH3.K/c1-6-3-9(10(12)13)4-8(5-11)7(6)2;;/h3-5H,2H2,1H3;1H3;/q2*-1;+1. The number of hydrogen-bond donors (Lipinski definition) is 0. The van der Waals surface area contributed by atoms with Crippen molar-refractivity contribution in [3.05, 3.63) is 53.3 Å². The Morgan fingerprint density at radius 2 is 2.00 bits per heavy atom. The Balaban J connectivity index is 0. The number of nitro groups is 1. The van der Waals surface area contributed by atoms with Crippen LogP contribution in [0.25, 0.3) is 0 Å². The van der Waals surface area contributed by atoms with E-state index in [2.05, 4.69) is 6.92 Å². The molecular formula is C10H11KNO3-. The van der Waals surface area contributed by atoms with E-state index in [4.69, 9.17) is 0 Å². The Labute approximate surface area is 132 Å². The van der Waals surface area contributed by atoms with Crippen LogP contribution in [0.3, 0.4) is 0 Å². The number of hydrogen-bond acceptors (Lipinski definition) is 3. The molecule has 0 unspecified atom stereocenters. The average Bonchev–Trinajstić information content (AvgIpc) is 2.09. The summed E-state index contributed by atoms with van der Waals surface area (Å²) in [6.07, 6.45) is 0.572. The van der Waals surface area contributed by atoms with Gasteiger partial charge in [-0.25, -0.2) is 0 Å². The predicted molar refractivity (Wildman–Crippen MR) is 54.1 cm³/mol. The molecule has 15 heavy (non-hydrogen) atoms. The smallest absolute Gasteiger partial charge is 0.358 e. The van der Waals surface area contributed by atoms with Gasteiger partial charge in [-0.15, -0.1) is 5.56 Å². The van der Waals surface area contributed by atoms with Crippen LogP contribution < -0.4 is 51.4 Å². The second-order valence-electron chi connectivity index (χ2n) is 2.71. The molecule has 0 spiro atoms. The molecule has 1 rings (SSSR count). The zero-order valence-electron chi connectivity index (χ0n) is 9.11. The van der Waals surface area contributed by atoms with Crippen LogP contribution in [0.4, 0.5) is 5.69 Å². The second-order valence-corrected chi connectivity index (χ2v) is 2.71. The number of rotatable bonds is 2. The molecule has 0 bridgehead atoms. The number of benzene rings is 1. The van der Waals surface area contributed by atoms with Crippen LogP contribution in [0.1, 0.15) is 21.5 Å². The quantitative estimate of drug-likeness (QED) is 0.224. The van der Waals surface area contributed by atoms with Crippen LogP contribution in [-0.4, -0.2) is 11.2 Å². The fourth-order valence-corrected chi connectivity index (χ4v) is 1.04. The van der Waals surface area contributed by atoms with E-state index in [0.29, 0.717) is 17.4 Å². The van der Waals surface area contributed by atoms with Crippen molar-refractivity contribution in [2.24, 2.45) is 0 Å². The second kappa shape index (κ2) is 7.13. The maximum Gasteiger partial charge on any atom is 1.00 e. The van der Waals surface area contributed by atoms with E-state index in [-0.39, 0.29) is 70.1 Å². The minimum atomic E-state index is -0.528. The Hall–Kier alpha value is -0.204. The van der Waals surface area contributed by atoms with Crippen LogP contribution in [0.2, 0.25) is 0 Å². The number of carbonyl (C=O) groups excluding carboxylic acids is 1. The molecule has 0 amide bonds. The topological polar surface area (TPSA) is 60.2 Å². The van der Waals surface area contributed by atoms with Crippen molar-refractivity contribution in [2.45, 2.75) is 6.92 Å². The summed E-state index contributed by atoms with van der Waals surface area (Å²) in [7, 11) is 0. The third-order valence-electron chi connectivity index (χ3n) is 1.83. The maximum atomic E-state index is 10.5. The van der Waals surface area contributed by atoms with Crippen molar-refractivity contribution >= 4 is 12.0 Å². The molecule has 0 saturated heterocycles. The molecule has 76 valence electrons. The molecular weight excluding hydrogens is 221 g/mol. The summed E-state index contributed by atoms with van der Waals surface area (Å²) in [5, 5.41) is 10.4. The number of nitrogens with zero attached hydrogens (tertiary/aromatic N) is 1. The largest absolute Gasteiger partial charge is 1.00 e. The van der Waals surface area contributed by atoms with E-state index in [0.717, 1.165) is 0 Å². The Morgan fingerprint density at radius 1 is 1.47 bits per heavy atom. The van der Waals surface area contributed by atoms with Gasteiger partial charge in [0.1, 0.15) is 0 Å². The van der Waals surface area contributed by atoms with Gasteiger partial charge in [0.15, 0.2) is 0 Å². The molecule has 0 radical (unpaired) electrons. The molecule has 0 aliphatic heterocycles. The molecule has 1 aromatic rings. The Morgan fingerprint density at radius 3 is 2.40 bits per heavy atom. The number of carbonyl (C=O) groups is 1. The number of non-ortho nitro benzene ring substituents is 1. The van der Waals surface area contributed by atoms with Crippen LogP contribution in [0.5, 0.6) is 0 Å². The zero-order valence-corrected chi connectivity index (χ0v) is 12.2. The molecule has 0 heterocycles. The van der Waals surface area contributed by atoms with Gasteiger partial charge in [-0.2, -0.15) is 12.5 Å². The van der Waals surface area contributed by atoms with Gasteiger partial charge in [0.2, 0.25) is 5.69 Å². The Bertz CT molecular complexity index is 377. The first-order chi connectivity index (χ1) is 6.06. The molecule has 5 heteroatoms. The average molecular weight is 232 g/mol. The SMILES string of the molecule is [CH2-]c1c(C)cc([N+](=O)[O-])cc1C=O.[CH3-].[K+]. The first kappa shape index (κ1) is 17.2. The van der Waals surface area contributed by atoms with Crippen molar-refractivity contribution < 1.29 is 61.1 Å². The first-order valence-electron chi connectivity index (χ1n) is 3.62. The van der Waals surface area contributed by atoms with Crippen molar-refractivity contribution in [1.82, 2.24) is 0 Å². The van der Waals surface area contributed by atoms with Crippen molar-refractivity contribution in [2.75, 3.05) is 0 Å². The fourth-order valence-electron chi connectivity index (χ4n) is 1.04. The van der Waals surface area contributed by atoms with E-state index in [9.17, 15) is 14.9 Å². The monoisotopic (exact) mass is 232 g/mol. The zero-order chi connectivity index (χ0) is 10.0. The molecule has 0 aromatic heterocycles. The van der Waals surface area contributed by atoms with E-state index in [1.165, 1.54) is 12.1 Å². The molecule has 0 fully saturated rings. The molecule has 0 aliphatic carbocycles. The van der Waals surface area contributed by atoms with Crippen molar-refractivity contribution in [3.63, 3.8) is 0 Å². The molecule has 4 nitrogen and oxygen atoms in total. The summed E-state index contributed by atoms with van der Waals surface area (Å²) in [6, 6.07) is 2.62. The van der Waals surface area contributed by atoms with Gasteiger partial charge in [-0.05, 0) is 12.1 Å². The van der Waals surface area contributed by atoms with Crippen LogP contribution in [0, 0.1) is 31.4 Å². The summed E-state index contributed by atoms with van der Waals surface area (Å²) in [4.78, 5) is 20.4. The minimum absolute atomic E-state index is 0. The number of aldehydes is 1. The number of aryl methyl sites for hydroxylation is 1. The third kappa shape index (κ3) is 4.04. The summed E-state index contributed by atoms with van der Waals surface area (Å²) < 4.78 is 0. The van der Waals surface area contributed by atoms with Crippen LogP contribution in [-0.2, 0) is 0 Å². The third-order valence-corrected chi connectivity index (χ3v) is 1.83. The van der Waals surface area contributed by atoms with Gasteiger partial charge in [0, 0.05) is 0 Å². The van der Waals surface area contributed by atoms with Crippen LogP contribution >= 0.6 is 0 Å². The molecule has 0 aliphatic rings. The summed E-state index contributed by atoms with van der Waals surface area (Å²) >= 11 is 0. The van der Waals surface area contributed by atoms with Gasteiger partial charge < -0.3 is 12.2 Å². The maximum absolute atomic E-state index is 10.5. The van der Waals surface area contributed by atoms with Gasteiger partial charge in [-0.1, -0.05) is 12.5 Å². The van der Waals surface area contributed by atoms with E-state index < -0.39 is 4.92 Å².